The van der Waals surface area contributed by atoms with Gasteiger partial charge in [0.15, 0.2) is 0 Å². The smallest absolute Gasteiger partial charge is 0.420 e. The molecule has 0 heterocycles. The number of carbonyl (C=O) groups excluding carboxylic acids is 1. The van der Waals surface area contributed by atoms with Crippen LogP contribution >= 0.6 is 23.5 Å². The Morgan fingerprint density at radius 2 is 2.17 bits per heavy atom. The number of benzene rings is 1. The van der Waals surface area contributed by atoms with E-state index < -0.39 is 17.1 Å². The molecule has 1 amide bonds. The molecule has 100 valence electrons. The first-order chi connectivity index (χ1) is 8.34. The third-order valence-corrected chi connectivity index (χ3v) is 2.79. The van der Waals surface area contributed by atoms with Crippen molar-refractivity contribution in [2.75, 3.05) is 6.61 Å². The molecule has 0 aliphatic carbocycles. The van der Waals surface area contributed by atoms with Crippen LogP contribution in [0.5, 0.6) is 5.75 Å². The topological polar surface area (TPSA) is 38.3 Å². The zero-order valence-electron chi connectivity index (χ0n) is 9.18. The molecule has 0 saturated carbocycles. The maximum absolute atomic E-state index is 12.7. The first-order valence-electron chi connectivity index (χ1n) is 4.81. The molecule has 8 heteroatoms. The van der Waals surface area contributed by atoms with Crippen LogP contribution < -0.4 is 9.46 Å². The van der Waals surface area contributed by atoms with E-state index in [1.165, 1.54) is 12.1 Å². The number of carbonyl (C=O) groups is 1. The lowest BCUT2D eigenvalue weighted by Gasteiger charge is -2.14. The minimum atomic E-state index is -4.52. The zero-order valence-corrected chi connectivity index (χ0v) is 10.7. The third-order valence-electron chi connectivity index (χ3n) is 1.81. The molecule has 0 fully saturated rings. The van der Waals surface area contributed by atoms with E-state index in [4.69, 9.17) is 16.3 Å². The lowest BCUT2D eigenvalue weighted by molar-refractivity contribution is -0.139. The van der Waals surface area contributed by atoms with Crippen LogP contribution in [0.2, 0.25) is 0 Å². The average molecular weight is 300 g/mol. The van der Waals surface area contributed by atoms with Crippen molar-refractivity contribution in [3.05, 3.63) is 23.8 Å². The Morgan fingerprint density at radius 3 is 2.67 bits per heavy atom. The van der Waals surface area contributed by atoms with Crippen molar-refractivity contribution < 1.29 is 22.7 Å². The van der Waals surface area contributed by atoms with Gasteiger partial charge in [0.1, 0.15) is 5.75 Å². The average Bonchev–Trinajstić information content (AvgIpc) is 2.26. The number of amides is 1. The molecule has 0 aliphatic heterocycles. The molecule has 1 N–H and O–H groups in total. The Morgan fingerprint density at radius 1 is 1.50 bits per heavy atom. The van der Waals surface area contributed by atoms with Crippen LogP contribution in [0.15, 0.2) is 23.1 Å². The van der Waals surface area contributed by atoms with Crippen molar-refractivity contribution in [3.63, 3.8) is 0 Å². The third kappa shape index (κ3) is 4.30. The Bertz CT molecular complexity index is 440. The summed E-state index contributed by atoms with van der Waals surface area (Å²) in [6.07, 6.45) is -4.52. The minimum Gasteiger partial charge on any atom is -0.493 e. The standard InChI is InChI=1S/C10H9ClF3NO2S/c1-2-17-8-4-3-6(18-15-9(11)16)5-7(8)10(12,13)14/h3-5H,2H2,1H3,(H,15,16). The van der Waals surface area contributed by atoms with Crippen LogP contribution in [-0.4, -0.2) is 12.0 Å². The first kappa shape index (κ1) is 15.0. The Kier molecular flexibility index (Phi) is 5.15. The minimum absolute atomic E-state index is 0.133. The van der Waals surface area contributed by atoms with Crippen LogP contribution in [0.3, 0.4) is 0 Å². The lowest BCUT2D eigenvalue weighted by Crippen LogP contribution is -2.10. The Hall–Kier alpha value is -1.08. The van der Waals surface area contributed by atoms with Crippen molar-refractivity contribution >= 4 is 28.9 Å². The summed E-state index contributed by atoms with van der Waals surface area (Å²) in [7, 11) is 0. The molecule has 1 aromatic rings. The monoisotopic (exact) mass is 299 g/mol. The molecular formula is C10H9ClF3NO2S. The largest absolute Gasteiger partial charge is 0.493 e. The van der Waals surface area contributed by atoms with Crippen molar-refractivity contribution in [2.45, 2.75) is 18.0 Å². The number of hydrogen-bond acceptors (Lipinski definition) is 3. The highest BCUT2D eigenvalue weighted by Crippen LogP contribution is 2.38. The van der Waals surface area contributed by atoms with Crippen LogP contribution in [0.25, 0.3) is 0 Å². The fraction of sp³-hybridized carbons (Fsp3) is 0.300. The molecular weight excluding hydrogens is 291 g/mol. The van der Waals surface area contributed by atoms with E-state index in [0.717, 1.165) is 6.07 Å². The highest BCUT2D eigenvalue weighted by Gasteiger charge is 2.34. The van der Waals surface area contributed by atoms with E-state index in [-0.39, 0.29) is 17.3 Å². The van der Waals surface area contributed by atoms with Crippen LogP contribution in [-0.2, 0) is 6.18 Å². The second-order valence-electron chi connectivity index (χ2n) is 3.07. The van der Waals surface area contributed by atoms with Crippen molar-refractivity contribution in [3.8, 4) is 5.75 Å². The summed E-state index contributed by atoms with van der Waals surface area (Å²) in [5.74, 6) is -0.244. The molecule has 0 bridgehead atoms. The number of hydrogen-bond donors (Lipinski definition) is 1. The molecule has 1 aromatic carbocycles. The van der Waals surface area contributed by atoms with Crippen LogP contribution in [0.1, 0.15) is 12.5 Å². The summed E-state index contributed by atoms with van der Waals surface area (Å²) in [5.41, 5.74) is -0.891. The van der Waals surface area contributed by atoms with Gasteiger partial charge < -0.3 is 4.74 Å². The van der Waals surface area contributed by atoms with E-state index in [0.29, 0.717) is 11.9 Å². The number of rotatable bonds is 4. The maximum Gasteiger partial charge on any atom is 0.420 e. The first-order valence-corrected chi connectivity index (χ1v) is 6.00. The van der Waals surface area contributed by atoms with E-state index in [2.05, 4.69) is 4.72 Å². The van der Waals surface area contributed by atoms with E-state index in [1.807, 2.05) is 0 Å². The lowest BCUT2D eigenvalue weighted by atomic mass is 10.2. The molecule has 0 radical (unpaired) electrons. The zero-order chi connectivity index (χ0) is 13.8. The molecule has 18 heavy (non-hydrogen) atoms. The van der Waals surface area contributed by atoms with Gasteiger partial charge in [0.05, 0.1) is 12.2 Å². The van der Waals surface area contributed by atoms with Gasteiger partial charge >= 0.3 is 11.5 Å². The molecule has 0 spiro atoms. The molecule has 1 rings (SSSR count). The highest BCUT2D eigenvalue weighted by molar-refractivity contribution is 7.98. The van der Waals surface area contributed by atoms with Gasteiger partial charge in [-0.05, 0) is 48.7 Å². The summed E-state index contributed by atoms with van der Waals surface area (Å²) in [6.45, 7) is 1.73. The van der Waals surface area contributed by atoms with Gasteiger partial charge in [0.25, 0.3) is 0 Å². The number of ether oxygens (including phenoxy) is 1. The predicted molar refractivity (Wildman–Crippen MR) is 62.9 cm³/mol. The fourth-order valence-electron chi connectivity index (χ4n) is 1.17. The van der Waals surface area contributed by atoms with Gasteiger partial charge in [-0.25, -0.2) is 0 Å². The molecule has 0 saturated heterocycles. The fourth-order valence-corrected chi connectivity index (χ4v) is 1.80. The predicted octanol–water partition coefficient (Wildman–Crippen LogP) is 4.06. The summed E-state index contributed by atoms with van der Waals surface area (Å²) < 4.78 is 45.3. The SMILES string of the molecule is CCOc1ccc(SNC(=O)Cl)cc1C(F)(F)F. The van der Waals surface area contributed by atoms with E-state index in [9.17, 15) is 18.0 Å². The Labute approximate surface area is 111 Å². The highest BCUT2D eigenvalue weighted by atomic mass is 35.5. The van der Waals surface area contributed by atoms with Crippen molar-refractivity contribution in [1.29, 1.82) is 0 Å². The van der Waals surface area contributed by atoms with Crippen molar-refractivity contribution in [1.82, 2.24) is 4.72 Å². The van der Waals surface area contributed by atoms with Crippen LogP contribution in [0.4, 0.5) is 18.0 Å². The second kappa shape index (κ2) is 6.19. The van der Waals surface area contributed by atoms with E-state index >= 15 is 0 Å². The maximum atomic E-state index is 12.7. The van der Waals surface area contributed by atoms with Gasteiger partial charge in [-0.1, -0.05) is 0 Å². The summed E-state index contributed by atoms with van der Waals surface area (Å²) in [4.78, 5) is 10.7. The van der Waals surface area contributed by atoms with Gasteiger partial charge in [0, 0.05) is 4.90 Å². The summed E-state index contributed by atoms with van der Waals surface area (Å²) in [5, 5.41) is -0.859. The quantitative estimate of drug-likeness (QED) is 0.517. The van der Waals surface area contributed by atoms with Crippen molar-refractivity contribution in [2.24, 2.45) is 0 Å². The molecule has 0 atom stereocenters. The molecule has 0 unspecified atom stereocenters. The summed E-state index contributed by atoms with van der Waals surface area (Å²) in [6, 6.07) is 3.50. The van der Waals surface area contributed by atoms with Crippen LogP contribution in [0, 0.1) is 0 Å². The Balaban J connectivity index is 3.01. The number of halogens is 4. The van der Waals surface area contributed by atoms with E-state index in [1.54, 1.807) is 6.92 Å². The van der Waals surface area contributed by atoms with Gasteiger partial charge in [-0.2, -0.15) is 13.2 Å². The molecule has 3 nitrogen and oxygen atoms in total. The second-order valence-corrected chi connectivity index (χ2v) is 4.29. The number of nitrogens with one attached hydrogen (secondary N) is 1. The van der Waals surface area contributed by atoms with Gasteiger partial charge in [-0.3, -0.25) is 9.52 Å². The summed E-state index contributed by atoms with van der Waals surface area (Å²) >= 11 is 5.72. The molecule has 0 aromatic heterocycles. The van der Waals surface area contributed by atoms with Gasteiger partial charge in [-0.15, -0.1) is 0 Å². The number of alkyl halides is 3. The van der Waals surface area contributed by atoms with Gasteiger partial charge in [0.2, 0.25) is 0 Å². The molecule has 0 aliphatic rings. The normalized spacial score (nSPS) is 11.2.